The van der Waals surface area contributed by atoms with E-state index in [9.17, 15) is 13.2 Å². The van der Waals surface area contributed by atoms with Crippen LogP contribution in [0, 0.1) is 0 Å². The Morgan fingerprint density at radius 3 is 2.52 bits per heavy atom. The number of carbonyl (C=O) groups excluding carboxylic acids is 1. The second-order valence-corrected chi connectivity index (χ2v) is 8.20. The number of nitrogens with one attached hydrogen (secondary N) is 1. The molecule has 0 radical (unpaired) electrons. The van der Waals surface area contributed by atoms with E-state index in [4.69, 9.17) is 9.47 Å². The molecular formula is C14H18N4O5S2. The Hall–Kier alpha value is -2.24. The summed E-state index contributed by atoms with van der Waals surface area (Å²) in [5.41, 5.74) is 0.718. The average Bonchev–Trinajstić information content (AvgIpc) is 3.03. The maximum Gasteiger partial charge on any atom is 0.272 e. The Morgan fingerprint density at radius 2 is 1.92 bits per heavy atom. The molecule has 2 rings (SSSR count). The molecule has 0 atom stereocenters. The molecule has 25 heavy (non-hydrogen) atoms. The molecule has 1 aromatic heterocycles. The quantitative estimate of drug-likeness (QED) is 0.715. The van der Waals surface area contributed by atoms with Gasteiger partial charge in [0.2, 0.25) is 15.4 Å². The van der Waals surface area contributed by atoms with Crippen molar-refractivity contribution in [3.8, 4) is 11.5 Å². The van der Waals surface area contributed by atoms with Crippen LogP contribution in [0.2, 0.25) is 0 Å². The Balaban J connectivity index is 2.20. The number of anilines is 1. The maximum absolute atomic E-state index is 12.6. The largest absolute Gasteiger partial charge is 0.493 e. The van der Waals surface area contributed by atoms with Crippen LogP contribution in [0.3, 0.4) is 0 Å². The number of rotatable bonds is 7. The first-order valence-corrected chi connectivity index (χ1v) is 9.32. The number of ether oxygens (including phenoxy) is 2. The number of sulfonamides is 1. The summed E-state index contributed by atoms with van der Waals surface area (Å²) in [6, 6.07) is 5.15. The zero-order chi connectivity index (χ0) is 18.6. The summed E-state index contributed by atoms with van der Waals surface area (Å²) in [5.74, 6) is 0.717. The molecule has 0 fully saturated rings. The summed E-state index contributed by atoms with van der Waals surface area (Å²) in [7, 11) is 0.634. The minimum absolute atomic E-state index is 0.109. The van der Waals surface area contributed by atoms with Gasteiger partial charge in [0, 0.05) is 20.5 Å². The van der Waals surface area contributed by atoms with Gasteiger partial charge in [-0.25, -0.2) is 8.42 Å². The summed E-state index contributed by atoms with van der Waals surface area (Å²) < 4.78 is 36.5. The Morgan fingerprint density at radius 1 is 1.24 bits per heavy atom. The van der Waals surface area contributed by atoms with E-state index in [0.29, 0.717) is 11.5 Å². The van der Waals surface area contributed by atoms with Crippen molar-refractivity contribution < 1.29 is 22.7 Å². The van der Waals surface area contributed by atoms with Crippen LogP contribution in [0.15, 0.2) is 22.5 Å². The van der Waals surface area contributed by atoms with E-state index in [1.54, 1.807) is 18.2 Å². The predicted molar refractivity (Wildman–Crippen MR) is 92.4 cm³/mol. The minimum Gasteiger partial charge on any atom is -0.493 e. The van der Waals surface area contributed by atoms with Gasteiger partial charge >= 0.3 is 0 Å². The van der Waals surface area contributed by atoms with Gasteiger partial charge in [-0.3, -0.25) is 4.79 Å². The van der Waals surface area contributed by atoms with Gasteiger partial charge in [0.05, 0.1) is 14.2 Å². The van der Waals surface area contributed by atoms with Gasteiger partial charge in [0.1, 0.15) is 0 Å². The standard InChI is InChI=1S/C14H18N4O5S2/c1-9(19)15-13-16-17-14(24-13)25(20,21)18(2)8-10-5-6-11(22-3)12(7-10)23-4/h5-7H,8H2,1-4H3,(H,15,16,19). The fourth-order valence-electron chi connectivity index (χ4n) is 1.97. The van der Waals surface area contributed by atoms with Gasteiger partial charge in [0.25, 0.3) is 10.0 Å². The molecule has 0 spiro atoms. The number of carbonyl (C=O) groups is 1. The molecule has 1 amide bonds. The smallest absolute Gasteiger partial charge is 0.272 e. The number of nitrogens with zero attached hydrogens (tertiary/aromatic N) is 3. The molecular weight excluding hydrogens is 368 g/mol. The fraction of sp³-hybridized carbons (Fsp3) is 0.357. The first kappa shape index (κ1) is 19.1. The van der Waals surface area contributed by atoms with Crippen LogP contribution in [0.1, 0.15) is 12.5 Å². The molecule has 0 aliphatic carbocycles. The Labute approximate surface area is 149 Å². The highest BCUT2D eigenvalue weighted by Crippen LogP contribution is 2.29. The van der Waals surface area contributed by atoms with Gasteiger partial charge in [-0.2, -0.15) is 4.31 Å². The average molecular weight is 386 g/mol. The highest BCUT2D eigenvalue weighted by Gasteiger charge is 2.26. The molecule has 1 heterocycles. The maximum atomic E-state index is 12.6. The van der Waals surface area contributed by atoms with E-state index >= 15 is 0 Å². The van der Waals surface area contributed by atoms with Crippen molar-refractivity contribution in [3.05, 3.63) is 23.8 Å². The molecule has 0 saturated carbocycles. The van der Waals surface area contributed by atoms with Crippen molar-refractivity contribution in [1.82, 2.24) is 14.5 Å². The van der Waals surface area contributed by atoms with Gasteiger partial charge in [0.15, 0.2) is 11.5 Å². The second kappa shape index (κ2) is 7.76. The number of aromatic nitrogens is 2. The highest BCUT2D eigenvalue weighted by molar-refractivity contribution is 7.91. The van der Waals surface area contributed by atoms with Crippen LogP contribution in [-0.4, -0.2) is 50.1 Å². The van der Waals surface area contributed by atoms with Crippen molar-refractivity contribution in [2.75, 3.05) is 26.6 Å². The molecule has 1 aromatic carbocycles. The molecule has 0 unspecified atom stereocenters. The van der Waals surface area contributed by atoms with Gasteiger partial charge in [-0.05, 0) is 17.7 Å². The number of hydrogen-bond acceptors (Lipinski definition) is 8. The number of amides is 1. The van der Waals surface area contributed by atoms with E-state index in [0.717, 1.165) is 21.2 Å². The molecule has 11 heteroatoms. The van der Waals surface area contributed by atoms with Crippen LogP contribution < -0.4 is 14.8 Å². The number of hydrogen-bond donors (Lipinski definition) is 1. The van der Waals surface area contributed by atoms with E-state index in [-0.39, 0.29) is 21.9 Å². The zero-order valence-corrected chi connectivity index (χ0v) is 15.8. The molecule has 0 saturated heterocycles. The van der Waals surface area contributed by atoms with Crippen LogP contribution in [0.4, 0.5) is 5.13 Å². The topological polar surface area (TPSA) is 111 Å². The lowest BCUT2D eigenvalue weighted by molar-refractivity contribution is -0.114. The monoisotopic (exact) mass is 386 g/mol. The third kappa shape index (κ3) is 4.44. The first-order chi connectivity index (χ1) is 11.8. The summed E-state index contributed by atoms with van der Waals surface area (Å²) in [4.78, 5) is 11.0. The molecule has 136 valence electrons. The van der Waals surface area contributed by atoms with Crippen LogP contribution in [-0.2, 0) is 21.4 Å². The van der Waals surface area contributed by atoms with Gasteiger partial charge in [-0.15, -0.1) is 10.2 Å². The second-order valence-electron chi connectivity index (χ2n) is 5.00. The van der Waals surface area contributed by atoms with Crippen molar-refractivity contribution in [2.24, 2.45) is 0 Å². The van der Waals surface area contributed by atoms with Crippen molar-refractivity contribution in [2.45, 2.75) is 17.8 Å². The summed E-state index contributed by atoms with van der Waals surface area (Å²) in [6.07, 6.45) is 0. The lowest BCUT2D eigenvalue weighted by Crippen LogP contribution is -2.26. The number of benzene rings is 1. The third-order valence-electron chi connectivity index (χ3n) is 3.17. The van der Waals surface area contributed by atoms with E-state index < -0.39 is 10.0 Å². The fourth-order valence-corrected chi connectivity index (χ4v) is 4.26. The summed E-state index contributed by atoms with van der Waals surface area (Å²) >= 11 is 0.792. The van der Waals surface area contributed by atoms with Crippen LogP contribution in [0.25, 0.3) is 0 Å². The number of methoxy groups -OCH3 is 2. The molecule has 2 aromatic rings. The first-order valence-electron chi connectivity index (χ1n) is 7.06. The highest BCUT2D eigenvalue weighted by atomic mass is 32.2. The van der Waals surface area contributed by atoms with Crippen LogP contribution in [0.5, 0.6) is 11.5 Å². The van der Waals surface area contributed by atoms with E-state index in [2.05, 4.69) is 15.5 Å². The van der Waals surface area contributed by atoms with Gasteiger partial charge in [-0.1, -0.05) is 17.4 Å². The van der Waals surface area contributed by atoms with Crippen molar-refractivity contribution in [3.63, 3.8) is 0 Å². The SMILES string of the molecule is COc1ccc(CN(C)S(=O)(=O)c2nnc(NC(C)=O)s2)cc1OC. The molecule has 9 nitrogen and oxygen atoms in total. The predicted octanol–water partition coefficient (Wildman–Crippen LogP) is 1.33. The van der Waals surface area contributed by atoms with Crippen LogP contribution >= 0.6 is 11.3 Å². The summed E-state index contributed by atoms with van der Waals surface area (Å²) in [5, 5.41) is 9.84. The van der Waals surface area contributed by atoms with Crippen molar-refractivity contribution in [1.29, 1.82) is 0 Å². The lowest BCUT2D eigenvalue weighted by Gasteiger charge is -2.16. The van der Waals surface area contributed by atoms with E-state index in [1.165, 1.54) is 28.2 Å². The normalized spacial score (nSPS) is 11.4. The third-order valence-corrected chi connectivity index (χ3v) is 6.16. The van der Waals surface area contributed by atoms with E-state index in [1.807, 2.05) is 0 Å². The van der Waals surface area contributed by atoms with Gasteiger partial charge < -0.3 is 14.8 Å². The molecule has 0 aliphatic heterocycles. The lowest BCUT2D eigenvalue weighted by atomic mass is 10.2. The van der Waals surface area contributed by atoms with Crippen molar-refractivity contribution >= 4 is 32.4 Å². The zero-order valence-electron chi connectivity index (χ0n) is 14.1. The Kier molecular flexibility index (Phi) is 5.93. The molecule has 0 bridgehead atoms. The molecule has 1 N–H and O–H groups in total. The summed E-state index contributed by atoms with van der Waals surface area (Å²) in [6.45, 7) is 1.41. The molecule has 0 aliphatic rings. The minimum atomic E-state index is -3.83. The Bertz CT molecular complexity index is 866.